The van der Waals surface area contributed by atoms with Crippen molar-refractivity contribution in [2.75, 3.05) is 23.7 Å². The molecule has 3 N–H and O–H groups in total. The van der Waals surface area contributed by atoms with Gasteiger partial charge in [0.2, 0.25) is 5.91 Å². The fraction of sp³-hybridized carbons (Fsp3) is 0.429. The average Bonchev–Trinajstić information content (AvgIpc) is 2.32. The molecular formula is C14H19N3O2. The van der Waals surface area contributed by atoms with Crippen LogP contribution in [-0.2, 0) is 4.79 Å². The minimum Gasteiger partial charge on any atom is -0.398 e. The number of nitrogens with one attached hydrogen (secondary N) is 1. The van der Waals surface area contributed by atoms with Crippen molar-refractivity contribution in [2.24, 2.45) is 0 Å². The largest absolute Gasteiger partial charge is 0.398 e. The van der Waals surface area contributed by atoms with Gasteiger partial charge in [-0.1, -0.05) is 0 Å². The highest BCUT2D eigenvalue weighted by Gasteiger charge is 2.37. The van der Waals surface area contributed by atoms with Crippen LogP contribution in [0.3, 0.4) is 0 Å². The summed E-state index contributed by atoms with van der Waals surface area (Å²) in [6.07, 6.45) is 0. The number of ketones is 1. The summed E-state index contributed by atoms with van der Waals surface area (Å²) in [4.78, 5) is 25.3. The van der Waals surface area contributed by atoms with E-state index in [1.165, 1.54) is 6.92 Å². The molecule has 0 spiro atoms. The highest BCUT2D eigenvalue weighted by atomic mass is 16.2. The molecule has 5 heteroatoms. The van der Waals surface area contributed by atoms with Crippen molar-refractivity contribution >= 4 is 23.1 Å². The Morgan fingerprint density at radius 3 is 2.68 bits per heavy atom. The van der Waals surface area contributed by atoms with Crippen molar-refractivity contribution in [1.82, 2.24) is 5.32 Å². The lowest BCUT2D eigenvalue weighted by Gasteiger charge is -2.43. The number of hydrogen-bond donors (Lipinski definition) is 2. The molecule has 5 nitrogen and oxygen atoms in total. The minimum absolute atomic E-state index is 0.00651. The Morgan fingerprint density at radius 1 is 1.42 bits per heavy atom. The third-order valence-corrected chi connectivity index (χ3v) is 3.58. The summed E-state index contributed by atoms with van der Waals surface area (Å²) in [6, 6.07) is 5.32. The summed E-state index contributed by atoms with van der Waals surface area (Å²) in [6.45, 7) is 6.56. The first-order valence-corrected chi connectivity index (χ1v) is 6.30. The Kier molecular flexibility index (Phi) is 3.22. The predicted octanol–water partition coefficient (Wildman–Crippen LogP) is 1.19. The van der Waals surface area contributed by atoms with E-state index in [0.29, 0.717) is 17.8 Å². The molecular weight excluding hydrogens is 242 g/mol. The van der Waals surface area contributed by atoms with E-state index in [4.69, 9.17) is 5.73 Å². The van der Waals surface area contributed by atoms with E-state index in [-0.39, 0.29) is 11.7 Å². The Hall–Kier alpha value is -2.04. The average molecular weight is 261 g/mol. The minimum atomic E-state index is -0.623. The van der Waals surface area contributed by atoms with Crippen molar-refractivity contribution in [3.63, 3.8) is 0 Å². The maximum absolute atomic E-state index is 11.9. The third kappa shape index (κ3) is 2.28. The van der Waals surface area contributed by atoms with Crippen LogP contribution >= 0.6 is 0 Å². The summed E-state index contributed by atoms with van der Waals surface area (Å²) >= 11 is 0. The van der Waals surface area contributed by atoms with Crippen LogP contribution in [0.1, 0.15) is 31.1 Å². The molecule has 0 bridgehead atoms. The molecule has 102 valence electrons. The monoisotopic (exact) mass is 261 g/mol. The van der Waals surface area contributed by atoms with Gasteiger partial charge >= 0.3 is 0 Å². The summed E-state index contributed by atoms with van der Waals surface area (Å²) in [5.41, 5.74) is 7.11. The Morgan fingerprint density at radius 2 is 2.11 bits per heavy atom. The molecule has 1 aromatic rings. The standard InChI is InChI=1S/C14H19N3O2/c1-9(18)11-5-4-10(8-12(11)15)17-7-6-16-13(19)14(17,2)3/h4-5,8H,6-7,15H2,1-3H3,(H,16,19). The third-order valence-electron chi connectivity index (χ3n) is 3.58. The highest BCUT2D eigenvalue weighted by Crippen LogP contribution is 2.29. The number of nitrogens with two attached hydrogens (primary N) is 1. The zero-order valence-corrected chi connectivity index (χ0v) is 11.5. The van der Waals surface area contributed by atoms with Gasteiger partial charge in [-0.15, -0.1) is 0 Å². The first-order valence-electron chi connectivity index (χ1n) is 6.30. The number of anilines is 2. The summed E-state index contributed by atoms with van der Waals surface area (Å²) in [5.74, 6) is -0.0623. The molecule has 1 aliphatic rings. The van der Waals surface area contributed by atoms with Crippen molar-refractivity contribution < 1.29 is 9.59 Å². The SMILES string of the molecule is CC(=O)c1ccc(N2CCNC(=O)C2(C)C)cc1N. The first-order chi connectivity index (χ1) is 8.84. The summed E-state index contributed by atoms with van der Waals surface area (Å²) in [7, 11) is 0. The van der Waals surface area contributed by atoms with Crippen LogP contribution in [-0.4, -0.2) is 30.3 Å². The molecule has 0 atom stereocenters. The van der Waals surface area contributed by atoms with E-state index in [9.17, 15) is 9.59 Å². The second-order valence-corrected chi connectivity index (χ2v) is 5.29. The molecule has 0 saturated carbocycles. The molecule has 1 aliphatic heterocycles. The van der Waals surface area contributed by atoms with Crippen LogP contribution < -0.4 is 16.0 Å². The number of carbonyl (C=O) groups is 2. The van der Waals surface area contributed by atoms with Gasteiger partial charge in [0.05, 0.1) is 0 Å². The van der Waals surface area contributed by atoms with E-state index in [2.05, 4.69) is 5.32 Å². The summed E-state index contributed by atoms with van der Waals surface area (Å²) < 4.78 is 0. The van der Waals surface area contributed by atoms with E-state index < -0.39 is 5.54 Å². The number of amides is 1. The fourth-order valence-electron chi connectivity index (χ4n) is 2.39. The Bertz CT molecular complexity index is 537. The topological polar surface area (TPSA) is 75.4 Å². The molecule has 0 aromatic heterocycles. The lowest BCUT2D eigenvalue weighted by atomic mass is 9.97. The van der Waals surface area contributed by atoms with Gasteiger partial charge in [-0.25, -0.2) is 0 Å². The number of rotatable bonds is 2. The number of carbonyl (C=O) groups excluding carboxylic acids is 2. The van der Waals surface area contributed by atoms with Gasteiger partial charge in [0.15, 0.2) is 5.78 Å². The van der Waals surface area contributed by atoms with Crippen LogP contribution in [0, 0.1) is 0 Å². The van der Waals surface area contributed by atoms with E-state index in [1.54, 1.807) is 12.1 Å². The van der Waals surface area contributed by atoms with Crippen LogP contribution in [0.15, 0.2) is 18.2 Å². The van der Waals surface area contributed by atoms with Crippen molar-refractivity contribution in [3.05, 3.63) is 23.8 Å². The first kappa shape index (κ1) is 13.4. The normalized spacial score (nSPS) is 18.1. The van der Waals surface area contributed by atoms with Gasteiger partial charge < -0.3 is 16.0 Å². The van der Waals surface area contributed by atoms with E-state index in [1.807, 2.05) is 24.8 Å². The molecule has 0 aliphatic carbocycles. The second-order valence-electron chi connectivity index (χ2n) is 5.29. The molecule has 1 aromatic carbocycles. The van der Waals surface area contributed by atoms with Gasteiger partial charge in [0.25, 0.3) is 0 Å². The smallest absolute Gasteiger partial charge is 0.245 e. The fourth-order valence-corrected chi connectivity index (χ4v) is 2.39. The number of Topliss-reactive ketones (excluding diaryl/α,β-unsaturated/α-hetero) is 1. The zero-order chi connectivity index (χ0) is 14.2. The predicted molar refractivity (Wildman–Crippen MR) is 75.3 cm³/mol. The number of piperazine rings is 1. The molecule has 1 heterocycles. The molecule has 2 rings (SSSR count). The molecule has 1 fully saturated rings. The lowest BCUT2D eigenvalue weighted by molar-refractivity contribution is -0.126. The quantitative estimate of drug-likeness (QED) is 0.619. The second kappa shape index (κ2) is 4.57. The van der Waals surface area contributed by atoms with Crippen LogP contribution in [0.4, 0.5) is 11.4 Å². The van der Waals surface area contributed by atoms with Crippen LogP contribution in [0.5, 0.6) is 0 Å². The maximum atomic E-state index is 11.9. The van der Waals surface area contributed by atoms with Gasteiger partial charge in [0.1, 0.15) is 5.54 Å². The van der Waals surface area contributed by atoms with E-state index >= 15 is 0 Å². The van der Waals surface area contributed by atoms with Gasteiger partial charge in [-0.05, 0) is 39.0 Å². The lowest BCUT2D eigenvalue weighted by Crippen LogP contribution is -2.62. The van der Waals surface area contributed by atoms with Gasteiger partial charge in [0, 0.05) is 30.0 Å². The number of nitrogens with zero attached hydrogens (tertiary/aromatic N) is 1. The number of benzene rings is 1. The van der Waals surface area contributed by atoms with Crippen molar-refractivity contribution in [1.29, 1.82) is 0 Å². The molecule has 0 radical (unpaired) electrons. The zero-order valence-electron chi connectivity index (χ0n) is 11.5. The Balaban J connectivity index is 2.39. The van der Waals surface area contributed by atoms with E-state index in [0.717, 1.165) is 12.2 Å². The van der Waals surface area contributed by atoms with Crippen LogP contribution in [0.2, 0.25) is 0 Å². The molecule has 1 saturated heterocycles. The van der Waals surface area contributed by atoms with Crippen LogP contribution in [0.25, 0.3) is 0 Å². The molecule has 0 unspecified atom stereocenters. The Labute approximate surface area is 112 Å². The number of nitrogen functional groups attached to an aromatic ring is 1. The summed E-state index contributed by atoms with van der Waals surface area (Å²) in [5, 5.41) is 2.85. The molecule has 19 heavy (non-hydrogen) atoms. The highest BCUT2D eigenvalue weighted by molar-refractivity contribution is 6.00. The maximum Gasteiger partial charge on any atom is 0.245 e. The molecule has 1 amide bonds. The number of hydrogen-bond acceptors (Lipinski definition) is 4. The van der Waals surface area contributed by atoms with Gasteiger partial charge in [-0.3, -0.25) is 9.59 Å². The van der Waals surface area contributed by atoms with Crippen molar-refractivity contribution in [2.45, 2.75) is 26.3 Å². The van der Waals surface area contributed by atoms with Gasteiger partial charge in [-0.2, -0.15) is 0 Å². The van der Waals surface area contributed by atoms with Crippen molar-refractivity contribution in [3.8, 4) is 0 Å².